The molecule has 6 heteroatoms. The van der Waals surface area contributed by atoms with Crippen LogP contribution in [0.5, 0.6) is 0 Å². The predicted molar refractivity (Wildman–Crippen MR) is 90.7 cm³/mol. The second kappa shape index (κ2) is 11.6. The molecule has 6 nitrogen and oxygen atoms in total. The SMILES string of the molecule is CC[C@@H](O)/C=C/[C@@H]1O[C@H]([C@H](O)CCCCCCCC(=O)O)C[C@@H]1O. The van der Waals surface area contributed by atoms with Crippen LogP contribution in [0.25, 0.3) is 0 Å². The summed E-state index contributed by atoms with van der Waals surface area (Å²) >= 11 is 0. The third-order valence-corrected chi connectivity index (χ3v) is 4.45. The fraction of sp³-hybridized carbons (Fsp3) is 0.833. The van der Waals surface area contributed by atoms with E-state index in [1.807, 2.05) is 6.92 Å². The first kappa shape index (κ1) is 21.1. The van der Waals surface area contributed by atoms with Crippen molar-refractivity contribution in [2.75, 3.05) is 0 Å². The number of hydrogen-bond donors (Lipinski definition) is 4. The van der Waals surface area contributed by atoms with Crippen molar-refractivity contribution in [1.82, 2.24) is 0 Å². The molecular weight excluding hydrogens is 312 g/mol. The molecule has 4 N–H and O–H groups in total. The molecule has 24 heavy (non-hydrogen) atoms. The smallest absolute Gasteiger partial charge is 0.303 e. The summed E-state index contributed by atoms with van der Waals surface area (Å²) in [7, 11) is 0. The Balaban J connectivity index is 2.18. The topological polar surface area (TPSA) is 107 Å². The number of rotatable bonds is 12. The minimum atomic E-state index is -0.752. The minimum Gasteiger partial charge on any atom is -0.481 e. The molecule has 1 aliphatic rings. The number of aliphatic carboxylic acids is 1. The average molecular weight is 344 g/mol. The Labute approximate surface area is 144 Å². The highest BCUT2D eigenvalue weighted by Crippen LogP contribution is 2.26. The molecule has 5 atom stereocenters. The van der Waals surface area contributed by atoms with Gasteiger partial charge in [0.15, 0.2) is 0 Å². The first-order valence-corrected chi connectivity index (χ1v) is 9.03. The van der Waals surface area contributed by atoms with Gasteiger partial charge in [0.05, 0.1) is 24.4 Å². The van der Waals surface area contributed by atoms with Gasteiger partial charge in [-0.15, -0.1) is 0 Å². The molecule has 0 aliphatic carbocycles. The van der Waals surface area contributed by atoms with E-state index in [1.165, 1.54) is 0 Å². The largest absolute Gasteiger partial charge is 0.481 e. The monoisotopic (exact) mass is 344 g/mol. The summed E-state index contributed by atoms with van der Waals surface area (Å²) < 4.78 is 5.69. The van der Waals surface area contributed by atoms with Gasteiger partial charge in [0.2, 0.25) is 0 Å². The fourth-order valence-electron chi connectivity index (χ4n) is 2.86. The summed E-state index contributed by atoms with van der Waals surface area (Å²) in [5.74, 6) is -0.752. The van der Waals surface area contributed by atoms with Gasteiger partial charge in [-0.2, -0.15) is 0 Å². The normalized spacial score (nSPS) is 26.8. The van der Waals surface area contributed by atoms with Gasteiger partial charge in [-0.25, -0.2) is 0 Å². The van der Waals surface area contributed by atoms with Crippen LogP contribution >= 0.6 is 0 Å². The second-order valence-corrected chi connectivity index (χ2v) is 6.57. The molecule has 1 rings (SSSR count). The van der Waals surface area contributed by atoms with Gasteiger partial charge in [-0.1, -0.05) is 44.8 Å². The zero-order chi connectivity index (χ0) is 17.9. The number of carbonyl (C=O) groups is 1. The van der Waals surface area contributed by atoms with Gasteiger partial charge >= 0.3 is 5.97 Å². The van der Waals surface area contributed by atoms with Crippen molar-refractivity contribution in [1.29, 1.82) is 0 Å². The lowest BCUT2D eigenvalue weighted by molar-refractivity contribution is -0.137. The van der Waals surface area contributed by atoms with Crippen LogP contribution in [0.2, 0.25) is 0 Å². The summed E-state index contributed by atoms with van der Waals surface area (Å²) in [6.45, 7) is 1.87. The minimum absolute atomic E-state index is 0.220. The van der Waals surface area contributed by atoms with E-state index in [0.717, 1.165) is 25.7 Å². The molecule has 0 saturated carbocycles. The fourth-order valence-corrected chi connectivity index (χ4v) is 2.86. The summed E-state index contributed by atoms with van der Waals surface area (Å²) in [6, 6.07) is 0. The molecule has 0 aromatic rings. The van der Waals surface area contributed by atoms with Gasteiger partial charge in [-0.05, 0) is 19.3 Å². The van der Waals surface area contributed by atoms with Gasteiger partial charge in [0.1, 0.15) is 6.10 Å². The van der Waals surface area contributed by atoms with Gasteiger partial charge in [-0.3, -0.25) is 4.79 Å². The molecule has 0 bridgehead atoms. The van der Waals surface area contributed by atoms with Crippen molar-refractivity contribution >= 4 is 5.97 Å². The molecule has 0 aromatic carbocycles. The number of unbranched alkanes of at least 4 members (excludes halogenated alkanes) is 4. The number of carboxylic acid groups (broad SMARTS) is 1. The third kappa shape index (κ3) is 8.24. The second-order valence-electron chi connectivity index (χ2n) is 6.57. The van der Waals surface area contributed by atoms with Crippen LogP contribution in [0.4, 0.5) is 0 Å². The molecule has 0 radical (unpaired) electrons. The Morgan fingerprint density at radius 3 is 2.54 bits per heavy atom. The molecule has 0 spiro atoms. The van der Waals surface area contributed by atoms with Crippen molar-refractivity contribution in [2.24, 2.45) is 0 Å². The van der Waals surface area contributed by atoms with E-state index in [9.17, 15) is 20.1 Å². The van der Waals surface area contributed by atoms with Crippen LogP contribution in [0.15, 0.2) is 12.2 Å². The highest BCUT2D eigenvalue weighted by atomic mass is 16.5. The van der Waals surface area contributed by atoms with Crippen LogP contribution in [0, 0.1) is 0 Å². The predicted octanol–water partition coefficient (Wildman–Crippen LogP) is 2.01. The Hall–Kier alpha value is -0.950. The first-order valence-electron chi connectivity index (χ1n) is 9.03. The number of ether oxygens (including phenoxy) is 1. The molecule has 0 unspecified atom stereocenters. The molecular formula is C18H32O6. The van der Waals surface area contributed by atoms with E-state index < -0.39 is 30.4 Å². The van der Waals surface area contributed by atoms with E-state index in [0.29, 0.717) is 25.7 Å². The van der Waals surface area contributed by atoms with E-state index in [-0.39, 0.29) is 12.5 Å². The van der Waals surface area contributed by atoms with Crippen LogP contribution in [-0.4, -0.2) is 56.9 Å². The number of hydrogen-bond acceptors (Lipinski definition) is 5. The highest BCUT2D eigenvalue weighted by molar-refractivity contribution is 5.66. The van der Waals surface area contributed by atoms with Crippen molar-refractivity contribution in [3.05, 3.63) is 12.2 Å². The van der Waals surface area contributed by atoms with Crippen molar-refractivity contribution in [3.8, 4) is 0 Å². The molecule has 0 amide bonds. The van der Waals surface area contributed by atoms with E-state index >= 15 is 0 Å². The van der Waals surface area contributed by atoms with Gasteiger partial charge in [0, 0.05) is 12.8 Å². The van der Waals surface area contributed by atoms with E-state index in [1.54, 1.807) is 12.2 Å². The van der Waals surface area contributed by atoms with Crippen LogP contribution in [0.3, 0.4) is 0 Å². The van der Waals surface area contributed by atoms with Gasteiger partial charge < -0.3 is 25.2 Å². The summed E-state index contributed by atoms with van der Waals surface area (Å²) in [6.07, 6.45) is 6.89. The Morgan fingerprint density at radius 1 is 1.21 bits per heavy atom. The molecule has 1 aliphatic heterocycles. The maximum atomic E-state index is 10.4. The first-order chi connectivity index (χ1) is 11.4. The summed E-state index contributed by atoms with van der Waals surface area (Å²) in [5.41, 5.74) is 0. The quantitative estimate of drug-likeness (QED) is 0.319. The number of carboxylic acids is 1. The van der Waals surface area contributed by atoms with Crippen LogP contribution in [0.1, 0.15) is 64.7 Å². The maximum absolute atomic E-state index is 10.4. The molecule has 1 fully saturated rings. The average Bonchev–Trinajstić information content (AvgIpc) is 2.92. The van der Waals surface area contributed by atoms with Crippen LogP contribution in [-0.2, 0) is 9.53 Å². The standard InChI is InChI=1S/C18H32O6/c1-2-13(19)10-11-16-15(21)12-17(24-16)14(20)8-6-4-3-5-7-9-18(22)23/h10-11,13-17,19-21H,2-9,12H2,1H3,(H,22,23)/b11-10+/t13-,14-,15+,16+,17+/m1/s1. The lowest BCUT2D eigenvalue weighted by Crippen LogP contribution is -2.26. The third-order valence-electron chi connectivity index (χ3n) is 4.45. The maximum Gasteiger partial charge on any atom is 0.303 e. The molecule has 140 valence electrons. The molecule has 0 aromatic heterocycles. The zero-order valence-electron chi connectivity index (χ0n) is 14.5. The number of aliphatic hydroxyl groups is 3. The van der Waals surface area contributed by atoms with Crippen LogP contribution < -0.4 is 0 Å². The Kier molecular flexibility index (Phi) is 10.2. The van der Waals surface area contributed by atoms with Gasteiger partial charge in [0.25, 0.3) is 0 Å². The summed E-state index contributed by atoms with van der Waals surface area (Å²) in [5, 5.41) is 38.2. The van der Waals surface area contributed by atoms with E-state index in [4.69, 9.17) is 9.84 Å². The van der Waals surface area contributed by atoms with Crippen molar-refractivity contribution in [2.45, 2.75) is 95.2 Å². The zero-order valence-corrected chi connectivity index (χ0v) is 14.5. The Morgan fingerprint density at radius 2 is 1.88 bits per heavy atom. The lowest BCUT2D eigenvalue weighted by atomic mass is 10.0. The molecule has 1 heterocycles. The lowest BCUT2D eigenvalue weighted by Gasteiger charge is -2.18. The highest BCUT2D eigenvalue weighted by Gasteiger charge is 2.36. The molecule has 1 saturated heterocycles. The van der Waals surface area contributed by atoms with Crippen molar-refractivity contribution < 1.29 is 30.0 Å². The van der Waals surface area contributed by atoms with Crippen molar-refractivity contribution in [3.63, 3.8) is 0 Å². The Bertz CT molecular complexity index is 384. The van der Waals surface area contributed by atoms with E-state index in [2.05, 4.69) is 0 Å². The number of aliphatic hydroxyl groups excluding tert-OH is 3. The summed E-state index contributed by atoms with van der Waals surface area (Å²) in [4.78, 5) is 10.4.